The predicted octanol–water partition coefficient (Wildman–Crippen LogP) is -0.818. The van der Waals surface area contributed by atoms with Crippen molar-refractivity contribution in [2.45, 2.75) is 25.3 Å². The lowest BCUT2D eigenvalue weighted by atomic mass is 9.94. The van der Waals surface area contributed by atoms with E-state index >= 15 is 0 Å². The molecule has 6 heteroatoms. The molecule has 0 amide bonds. The van der Waals surface area contributed by atoms with E-state index in [1.165, 1.54) is 0 Å². The summed E-state index contributed by atoms with van der Waals surface area (Å²) in [5.41, 5.74) is 0. The normalized spacial score (nSPS) is 18.5. The Morgan fingerprint density at radius 3 is 2.46 bits per heavy atom. The third-order valence-electron chi connectivity index (χ3n) is 2.09. The first-order chi connectivity index (χ1) is 6.14. The highest BCUT2D eigenvalue weighted by atomic mass is 32.2. The van der Waals surface area contributed by atoms with Crippen molar-refractivity contribution in [1.29, 1.82) is 0 Å². The highest BCUT2D eigenvalue weighted by molar-refractivity contribution is 7.87. The van der Waals surface area contributed by atoms with Gasteiger partial charge in [-0.1, -0.05) is 6.42 Å². The molecule has 0 heterocycles. The highest BCUT2D eigenvalue weighted by Crippen LogP contribution is 2.18. The summed E-state index contributed by atoms with van der Waals surface area (Å²) in [5, 5.41) is 2.87. The molecule has 0 aromatic heterocycles. The van der Waals surface area contributed by atoms with Crippen molar-refractivity contribution < 1.29 is 8.42 Å². The third-order valence-corrected chi connectivity index (χ3v) is 3.32. The maximum Gasteiger partial charge on any atom is 0.277 e. The summed E-state index contributed by atoms with van der Waals surface area (Å²) in [6.45, 7) is 1.07. The van der Waals surface area contributed by atoms with Crippen molar-refractivity contribution in [1.82, 2.24) is 14.8 Å². The molecule has 0 radical (unpaired) electrons. The zero-order chi connectivity index (χ0) is 9.73. The van der Waals surface area contributed by atoms with E-state index in [1.807, 2.05) is 0 Å². The van der Waals surface area contributed by atoms with Crippen LogP contribution in [0, 0.1) is 0 Å². The summed E-state index contributed by atoms with van der Waals surface area (Å²) in [6.07, 6.45) is 3.06. The van der Waals surface area contributed by atoms with Crippen LogP contribution in [0.4, 0.5) is 0 Å². The van der Waals surface area contributed by atoms with Gasteiger partial charge in [-0.3, -0.25) is 0 Å². The van der Waals surface area contributed by atoms with Crippen LogP contribution in [0.25, 0.3) is 0 Å². The first kappa shape index (κ1) is 10.9. The van der Waals surface area contributed by atoms with Gasteiger partial charge in [-0.05, 0) is 19.9 Å². The minimum Gasteiger partial charge on any atom is -0.318 e. The van der Waals surface area contributed by atoms with Gasteiger partial charge in [0.25, 0.3) is 10.2 Å². The Labute approximate surface area is 79.5 Å². The smallest absolute Gasteiger partial charge is 0.277 e. The number of nitrogens with one attached hydrogen (secondary N) is 3. The lowest BCUT2D eigenvalue weighted by molar-refractivity contribution is 0.381. The molecule has 0 unspecified atom stereocenters. The van der Waals surface area contributed by atoms with Gasteiger partial charge in [0, 0.05) is 19.1 Å². The van der Waals surface area contributed by atoms with E-state index in [4.69, 9.17) is 0 Å². The second-order valence-electron chi connectivity index (χ2n) is 3.25. The van der Waals surface area contributed by atoms with Gasteiger partial charge in [0.15, 0.2) is 0 Å². The van der Waals surface area contributed by atoms with E-state index in [1.54, 1.807) is 7.05 Å². The van der Waals surface area contributed by atoms with E-state index in [9.17, 15) is 8.42 Å². The van der Waals surface area contributed by atoms with Gasteiger partial charge >= 0.3 is 0 Å². The van der Waals surface area contributed by atoms with Crippen LogP contribution >= 0.6 is 0 Å². The maximum absolute atomic E-state index is 11.3. The van der Waals surface area contributed by atoms with Crippen molar-refractivity contribution in [3.05, 3.63) is 0 Å². The molecule has 0 saturated heterocycles. The summed E-state index contributed by atoms with van der Waals surface area (Å²) in [7, 11) is -1.47. The molecule has 1 aliphatic carbocycles. The predicted molar refractivity (Wildman–Crippen MR) is 51.6 cm³/mol. The SMILES string of the molecule is CNCCNS(=O)(=O)NC1CCC1. The molecule has 1 saturated carbocycles. The minimum absolute atomic E-state index is 0.159. The van der Waals surface area contributed by atoms with E-state index in [2.05, 4.69) is 14.8 Å². The lowest BCUT2D eigenvalue weighted by Crippen LogP contribution is -2.46. The van der Waals surface area contributed by atoms with E-state index < -0.39 is 10.2 Å². The zero-order valence-electron chi connectivity index (χ0n) is 7.84. The summed E-state index contributed by atoms with van der Waals surface area (Å²) < 4.78 is 27.6. The van der Waals surface area contributed by atoms with Crippen LogP contribution in [0.5, 0.6) is 0 Å². The average Bonchev–Trinajstić information content (AvgIpc) is 1.98. The van der Waals surface area contributed by atoms with Crippen LogP contribution in [-0.2, 0) is 10.2 Å². The Morgan fingerprint density at radius 1 is 1.31 bits per heavy atom. The Balaban J connectivity index is 2.20. The molecule has 5 nitrogen and oxygen atoms in total. The molecule has 0 atom stereocenters. The molecule has 0 bridgehead atoms. The van der Waals surface area contributed by atoms with Crippen LogP contribution in [0.15, 0.2) is 0 Å². The third kappa shape index (κ3) is 4.04. The molecule has 1 aliphatic rings. The van der Waals surface area contributed by atoms with Crippen LogP contribution < -0.4 is 14.8 Å². The van der Waals surface area contributed by atoms with Crippen molar-refractivity contribution in [3.8, 4) is 0 Å². The van der Waals surface area contributed by atoms with Crippen LogP contribution in [0.2, 0.25) is 0 Å². The van der Waals surface area contributed by atoms with Gasteiger partial charge < -0.3 is 5.32 Å². The first-order valence-electron chi connectivity index (χ1n) is 4.55. The number of hydrogen-bond acceptors (Lipinski definition) is 3. The van der Waals surface area contributed by atoms with Crippen LogP contribution in [0.1, 0.15) is 19.3 Å². The van der Waals surface area contributed by atoms with Crippen LogP contribution in [-0.4, -0.2) is 34.6 Å². The molecule has 1 rings (SSSR count). The molecule has 0 spiro atoms. The molecular formula is C7H17N3O2S. The number of likely N-dealkylation sites (N-methyl/N-ethyl adjacent to an activating group) is 1. The monoisotopic (exact) mass is 207 g/mol. The van der Waals surface area contributed by atoms with Crippen molar-refractivity contribution in [3.63, 3.8) is 0 Å². The Kier molecular flexibility index (Phi) is 4.11. The van der Waals surface area contributed by atoms with Crippen LogP contribution in [0.3, 0.4) is 0 Å². The van der Waals surface area contributed by atoms with Crippen molar-refractivity contribution >= 4 is 10.2 Å². The molecule has 13 heavy (non-hydrogen) atoms. The highest BCUT2D eigenvalue weighted by Gasteiger charge is 2.22. The molecular weight excluding hydrogens is 190 g/mol. The molecule has 0 aliphatic heterocycles. The lowest BCUT2D eigenvalue weighted by Gasteiger charge is -2.26. The quantitative estimate of drug-likeness (QED) is 0.499. The summed E-state index contributed by atoms with van der Waals surface area (Å²) in [4.78, 5) is 0. The van der Waals surface area contributed by atoms with Crippen molar-refractivity contribution in [2.24, 2.45) is 0 Å². The van der Waals surface area contributed by atoms with Crippen molar-refractivity contribution in [2.75, 3.05) is 20.1 Å². The first-order valence-corrected chi connectivity index (χ1v) is 6.04. The number of hydrogen-bond donors (Lipinski definition) is 3. The topological polar surface area (TPSA) is 70.2 Å². The molecule has 3 N–H and O–H groups in total. The second kappa shape index (κ2) is 4.90. The van der Waals surface area contributed by atoms with E-state index in [0.717, 1.165) is 19.3 Å². The van der Waals surface area contributed by atoms with E-state index in [-0.39, 0.29) is 6.04 Å². The summed E-state index contributed by atoms with van der Waals surface area (Å²) >= 11 is 0. The number of rotatable bonds is 6. The van der Waals surface area contributed by atoms with Gasteiger partial charge in [0.2, 0.25) is 0 Å². The Morgan fingerprint density at radius 2 is 2.00 bits per heavy atom. The van der Waals surface area contributed by atoms with E-state index in [0.29, 0.717) is 13.1 Å². The van der Waals surface area contributed by atoms with Gasteiger partial charge in [-0.2, -0.15) is 13.1 Å². The fraction of sp³-hybridized carbons (Fsp3) is 1.00. The Hall–Kier alpha value is -0.170. The summed E-state index contributed by atoms with van der Waals surface area (Å²) in [5.74, 6) is 0. The molecule has 0 aromatic rings. The fourth-order valence-electron chi connectivity index (χ4n) is 1.10. The molecule has 1 fully saturated rings. The van der Waals surface area contributed by atoms with Gasteiger partial charge in [0.1, 0.15) is 0 Å². The molecule has 0 aromatic carbocycles. The maximum atomic E-state index is 11.3. The summed E-state index contributed by atoms with van der Waals surface area (Å²) in [6, 6.07) is 0.159. The molecule has 78 valence electrons. The fourth-order valence-corrected chi connectivity index (χ4v) is 2.23. The van der Waals surface area contributed by atoms with Gasteiger partial charge in [0.05, 0.1) is 0 Å². The van der Waals surface area contributed by atoms with Gasteiger partial charge in [-0.25, -0.2) is 4.72 Å². The largest absolute Gasteiger partial charge is 0.318 e. The van der Waals surface area contributed by atoms with Gasteiger partial charge in [-0.15, -0.1) is 0 Å². The second-order valence-corrected chi connectivity index (χ2v) is 4.78. The Bertz CT molecular complexity index is 236. The standard InChI is InChI=1S/C7H17N3O2S/c1-8-5-6-9-13(11,12)10-7-3-2-4-7/h7-10H,2-6H2,1H3. The average molecular weight is 207 g/mol. The minimum atomic E-state index is -3.25. The zero-order valence-corrected chi connectivity index (χ0v) is 8.65.